The first-order valence-electron chi connectivity index (χ1n) is 5.84. The minimum Gasteiger partial charge on any atom is -0.450 e. The lowest BCUT2D eigenvalue weighted by atomic mass is 10.0. The topological polar surface area (TPSA) is 74.2 Å². The van der Waals surface area contributed by atoms with Crippen molar-refractivity contribution in [1.82, 2.24) is 0 Å². The second-order valence-electron chi connectivity index (χ2n) is 4.33. The summed E-state index contributed by atoms with van der Waals surface area (Å²) in [5.74, 6) is 0. The van der Waals surface area contributed by atoms with Crippen molar-refractivity contribution in [2.24, 2.45) is 0 Å². The van der Waals surface area contributed by atoms with Crippen LogP contribution in [0.25, 0.3) is 0 Å². The maximum atomic E-state index is 10.5. The number of hydrogen-bond acceptors (Lipinski definition) is 5. The van der Waals surface area contributed by atoms with Crippen LogP contribution in [0.4, 0.5) is 4.79 Å². The molecule has 0 aliphatic rings. The van der Waals surface area contributed by atoms with Gasteiger partial charge in [-0.15, -0.1) is 6.58 Å². The summed E-state index contributed by atoms with van der Waals surface area (Å²) in [5.41, 5.74) is -0.507. The van der Waals surface area contributed by atoms with Crippen molar-refractivity contribution < 1.29 is 29.1 Å². The highest BCUT2D eigenvalue weighted by atomic mass is 17.2. The number of hydrogen-bond donors (Lipinski definition) is 1. The van der Waals surface area contributed by atoms with E-state index in [1.54, 1.807) is 6.08 Å². The summed E-state index contributed by atoms with van der Waals surface area (Å²) in [7, 11) is 0. The molecule has 0 bridgehead atoms. The first-order valence-corrected chi connectivity index (χ1v) is 5.84. The molecule has 6 heteroatoms. The molecule has 0 spiro atoms. The Morgan fingerprint density at radius 3 is 2.67 bits per heavy atom. The largest absolute Gasteiger partial charge is 0.508 e. The normalized spacial score (nSPS) is 13.1. The highest BCUT2D eigenvalue weighted by Crippen LogP contribution is 2.18. The van der Waals surface area contributed by atoms with E-state index >= 15 is 0 Å². The standard InChI is InChI=1S/C12H22O6/c1-5-7-12(3,4)18-17-10(16-11(13)14)9-15-8-6-2/h6,10H,2,5,7-9H2,1,3-4H3,(H,13,14). The van der Waals surface area contributed by atoms with Gasteiger partial charge in [0.2, 0.25) is 0 Å². The van der Waals surface area contributed by atoms with Crippen molar-refractivity contribution in [2.45, 2.75) is 45.5 Å². The molecule has 0 aromatic rings. The second kappa shape index (κ2) is 8.91. The molecule has 106 valence electrons. The van der Waals surface area contributed by atoms with Crippen molar-refractivity contribution in [3.05, 3.63) is 12.7 Å². The number of rotatable bonds is 10. The van der Waals surface area contributed by atoms with Crippen LogP contribution < -0.4 is 0 Å². The lowest BCUT2D eigenvalue weighted by molar-refractivity contribution is -0.417. The van der Waals surface area contributed by atoms with E-state index < -0.39 is 18.0 Å². The van der Waals surface area contributed by atoms with Crippen LogP contribution in [0.2, 0.25) is 0 Å². The van der Waals surface area contributed by atoms with Gasteiger partial charge in [0.25, 0.3) is 6.29 Å². The Balaban J connectivity index is 4.13. The third kappa shape index (κ3) is 8.98. The number of carbonyl (C=O) groups is 1. The molecule has 0 aromatic heterocycles. The highest BCUT2D eigenvalue weighted by molar-refractivity contribution is 5.56. The van der Waals surface area contributed by atoms with Crippen molar-refractivity contribution in [1.29, 1.82) is 0 Å². The van der Waals surface area contributed by atoms with E-state index in [2.05, 4.69) is 11.3 Å². The molecule has 18 heavy (non-hydrogen) atoms. The van der Waals surface area contributed by atoms with Crippen LogP contribution in [0.3, 0.4) is 0 Å². The van der Waals surface area contributed by atoms with E-state index in [1.165, 1.54) is 0 Å². The summed E-state index contributed by atoms with van der Waals surface area (Å²) in [4.78, 5) is 20.6. The predicted molar refractivity (Wildman–Crippen MR) is 65.1 cm³/mol. The molecular formula is C12H22O6. The maximum absolute atomic E-state index is 10.5. The molecule has 0 fully saturated rings. The van der Waals surface area contributed by atoms with E-state index in [9.17, 15) is 4.79 Å². The molecule has 0 saturated carbocycles. The molecule has 1 atom stereocenters. The van der Waals surface area contributed by atoms with Gasteiger partial charge >= 0.3 is 6.16 Å². The van der Waals surface area contributed by atoms with Gasteiger partial charge in [-0.05, 0) is 20.3 Å². The zero-order valence-electron chi connectivity index (χ0n) is 11.2. The van der Waals surface area contributed by atoms with Crippen molar-refractivity contribution in [3.63, 3.8) is 0 Å². The fourth-order valence-electron chi connectivity index (χ4n) is 1.27. The van der Waals surface area contributed by atoms with Crippen molar-refractivity contribution >= 4 is 6.16 Å². The van der Waals surface area contributed by atoms with E-state index in [0.29, 0.717) is 0 Å². The maximum Gasteiger partial charge on any atom is 0.508 e. The van der Waals surface area contributed by atoms with Crippen LogP contribution in [-0.4, -0.2) is 36.4 Å². The minimum atomic E-state index is -1.45. The van der Waals surface area contributed by atoms with Crippen LogP contribution in [0.1, 0.15) is 33.6 Å². The number of ether oxygens (including phenoxy) is 2. The third-order valence-electron chi connectivity index (χ3n) is 1.95. The summed E-state index contributed by atoms with van der Waals surface area (Å²) in [6, 6.07) is 0. The summed E-state index contributed by atoms with van der Waals surface area (Å²) in [6.45, 7) is 9.41. The Bertz CT molecular complexity index is 251. The molecule has 0 amide bonds. The second-order valence-corrected chi connectivity index (χ2v) is 4.33. The lowest BCUT2D eigenvalue weighted by Crippen LogP contribution is -2.32. The molecule has 1 unspecified atom stereocenters. The Kier molecular flexibility index (Phi) is 8.36. The first kappa shape index (κ1) is 16.9. The summed E-state index contributed by atoms with van der Waals surface area (Å²) in [5, 5.41) is 8.54. The fourth-order valence-corrected chi connectivity index (χ4v) is 1.27. The highest BCUT2D eigenvalue weighted by Gasteiger charge is 2.23. The summed E-state index contributed by atoms with van der Waals surface area (Å²) < 4.78 is 9.54. The van der Waals surface area contributed by atoms with Crippen LogP contribution in [0.15, 0.2) is 12.7 Å². The molecule has 0 aliphatic heterocycles. The minimum absolute atomic E-state index is 0.0550. The first-order chi connectivity index (χ1) is 8.41. The van der Waals surface area contributed by atoms with Gasteiger partial charge in [-0.3, -0.25) is 0 Å². The smallest absolute Gasteiger partial charge is 0.450 e. The van der Waals surface area contributed by atoms with Gasteiger partial charge in [0, 0.05) is 0 Å². The van der Waals surface area contributed by atoms with Crippen LogP contribution in [0, 0.1) is 0 Å². The summed E-state index contributed by atoms with van der Waals surface area (Å²) >= 11 is 0. The molecular weight excluding hydrogens is 240 g/mol. The Labute approximate surface area is 107 Å². The van der Waals surface area contributed by atoms with E-state index in [4.69, 9.17) is 19.6 Å². The molecule has 0 aromatic carbocycles. The fraction of sp³-hybridized carbons (Fsp3) is 0.750. The van der Waals surface area contributed by atoms with Gasteiger partial charge in [-0.2, -0.15) is 4.89 Å². The van der Waals surface area contributed by atoms with Crippen molar-refractivity contribution in [3.8, 4) is 0 Å². The van der Waals surface area contributed by atoms with Gasteiger partial charge in [0.15, 0.2) is 0 Å². The average Bonchev–Trinajstić information content (AvgIpc) is 2.25. The zero-order chi connectivity index (χ0) is 14.0. The third-order valence-corrected chi connectivity index (χ3v) is 1.95. The van der Waals surface area contributed by atoms with Crippen LogP contribution in [-0.2, 0) is 19.2 Å². The molecule has 0 saturated heterocycles. The van der Waals surface area contributed by atoms with Gasteiger partial charge in [-0.25, -0.2) is 9.68 Å². The average molecular weight is 262 g/mol. The molecule has 0 radical (unpaired) electrons. The van der Waals surface area contributed by atoms with Crippen LogP contribution in [0.5, 0.6) is 0 Å². The van der Waals surface area contributed by atoms with Crippen molar-refractivity contribution in [2.75, 3.05) is 13.2 Å². The van der Waals surface area contributed by atoms with Gasteiger partial charge < -0.3 is 14.6 Å². The number of carboxylic acid groups (broad SMARTS) is 1. The van der Waals surface area contributed by atoms with E-state index in [1.807, 2.05) is 20.8 Å². The predicted octanol–water partition coefficient (Wildman–Crippen LogP) is 2.74. The molecule has 0 aliphatic carbocycles. The SMILES string of the molecule is C=CCOCC(OOC(C)(C)CCC)OC(=O)O. The zero-order valence-corrected chi connectivity index (χ0v) is 11.2. The molecule has 0 rings (SSSR count). The Hall–Kier alpha value is -1.11. The molecule has 1 N–H and O–H groups in total. The Morgan fingerprint density at radius 2 is 2.17 bits per heavy atom. The van der Waals surface area contributed by atoms with E-state index in [0.717, 1.165) is 12.8 Å². The monoisotopic (exact) mass is 262 g/mol. The Morgan fingerprint density at radius 1 is 1.50 bits per heavy atom. The van der Waals surface area contributed by atoms with Gasteiger partial charge in [0.1, 0.15) is 6.61 Å². The summed E-state index contributed by atoms with van der Waals surface area (Å²) in [6.07, 6.45) is 0.686. The quantitative estimate of drug-likeness (QED) is 0.163. The molecule has 6 nitrogen and oxygen atoms in total. The van der Waals surface area contributed by atoms with Crippen LogP contribution >= 0.6 is 0 Å². The van der Waals surface area contributed by atoms with E-state index in [-0.39, 0.29) is 13.2 Å². The molecule has 0 heterocycles. The van der Waals surface area contributed by atoms with Gasteiger partial charge in [-0.1, -0.05) is 19.4 Å². The van der Waals surface area contributed by atoms with Gasteiger partial charge in [0.05, 0.1) is 12.2 Å². The lowest BCUT2D eigenvalue weighted by Gasteiger charge is -2.25.